The molecular weight excluding hydrogens is 338 g/mol. The van der Waals surface area contributed by atoms with E-state index >= 15 is 0 Å². The van der Waals surface area contributed by atoms with Gasteiger partial charge in [-0.2, -0.15) is 0 Å². The lowest BCUT2D eigenvalue weighted by molar-refractivity contribution is 0.0935. The van der Waals surface area contributed by atoms with Gasteiger partial charge in [-0.1, -0.05) is 24.3 Å². The van der Waals surface area contributed by atoms with Crippen LogP contribution in [-0.4, -0.2) is 20.6 Å². The van der Waals surface area contributed by atoms with Gasteiger partial charge in [-0.05, 0) is 43.7 Å². The molecule has 25 heavy (non-hydrogen) atoms. The summed E-state index contributed by atoms with van der Waals surface area (Å²) >= 11 is 0. The van der Waals surface area contributed by atoms with Crippen molar-refractivity contribution >= 4 is 26.7 Å². The Morgan fingerprint density at radius 1 is 1.12 bits per heavy atom. The van der Waals surface area contributed by atoms with Crippen LogP contribution in [0.5, 0.6) is 0 Å². The number of benzene rings is 2. The fourth-order valence-corrected chi connectivity index (χ4v) is 3.28. The largest absolute Gasteiger partial charge is 0.459 e. The first-order valence-corrected chi connectivity index (χ1v) is 9.75. The molecule has 0 aliphatic carbocycles. The molecule has 0 spiro atoms. The number of furan rings is 1. The van der Waals surface area contributed by atoms with Crippen molar-refractivity contribution in [3.63, 3.8) is 0 Å². The van der Waals surface area contributed by atoms with E-state index in [1.54, 1.807) is 13.0 Å². The van der Waals surface area contributed by atoms with Crippen LogP contribution in [0.1, 0.15) is 34.6 Å². The number of carbonyl (C=O) groups excluding carboxylic acids is 1. The Morgan fingerprint density at radius 3 is 2.52 bits per heavy atom. The fourth-order valence-electron chi connectivity index (χ4n) is 2.64. The highest BCUT2D eigenvalue weighted by Crippen LogP contribution is 2.24. The molecule has 0 unspecified atom stereocenters. The minimum atomic E-state index is -3.37. The maximum atomic E-state index is 12.6. The van der Waals surface area contributed by atoms with E-state index < -0.39 is 9.84 Å². The molecule has 0 bridgehead atoms. The molecule has 5 nitrogen and oxygen atoms in total. The molecule has 1 N–H and O–H groups in total. The van der Waals surface area contributed by atoms with Gasteiger partial charge in [-0.15, -0.1) is 0 Å². The predicted octanol–water partition coefficient (Wildman–Crippen LogP) is 3.64. The number of sulfone groups is 1. The molecule has 0 aliphatic rings. The van der Waals surface area contributed by atoms with Gasteiger partial charge in [-0.3, -0.25) is 4.79 Å². The van der Waals surface area contributed by atoms with Crippen LogP contribution in [0.25, 0.3) is 11.0 Å². The minimum absolute atomic E-state index is 0.125. The van der Waals surface area contributed by atoms with Crippen molar-refractivity contribution in [3.8, 4) is 0 Å². The second-order valence-electron chi connectivity index (χ2n) is 6.13. The van der Waals surface area contributed by atoms with Gasteiger partial charge in [0.15, 0.2) is 9.84 Å². The molecular formula is C19H19NO4S. The van der Waals surface area contributed by atoms with Gasteiger partial charge in [0.25, 0.3) is 5.91 Å². The number of rotatable bonds is 4. The van der Waals surface area contributed by atoms with E-state index in [4.69, 9.17) is 4.42 Å². The summed E-state index contributed by atoms with van der Waals surface area (Å²) in [5.74, 6) is 0.308. The average Bonchev–Trinajstić information content (AvgIpc) is 2.98. The van der Waals surface area contributed by atoms with E-state index in [1.165, 1.54) is 12.1 Å². The van der Waals surface area contributed by atoms with Crippen molar-refractivity contribution in [3.05, 3.63) is 65.4 Å². The Balaban J connectivity index is 1.86. The normalized spacial score (nSPS) is 12.9. The van der Waals surface area contributed by atoms with Gasteiger partial charge in [0.05, 0.1) is 10.9 Å². The summed E-state index contributed by atoms with van der Waals surface area (Å²) in [5.41, 5.74) is 1.81. The molecule has 1 aromatic heterocycles. The van der Waals surface area contributed by atoms with Crippen molar-refractivity contribution in [2.45, 2.75) is 24.8 Å². The molecule has 1 amide bonds. The number of fused-ring (bicyclic) bond motifs is 1. The Bertz CT molecular complexity index is 1020. The number of nitrogens with one attached hydrogen (secondary N) is 1. The molecule has 0 aliphatic heterocycles. The Morgan fingerprint density at radius 2 is 1.84 bits per heavy atom. The number of para-hydroxylation sites is 1. The highest BCUT2D eigenvalue weighted by Gasteiger charge is 2.18. The lowest BCUT2D eigenvalue weighted by atomic mass is 10.1. The quantitative estimate of drug-likeness (QED) is 0.773. The van der Waals surface area contributed by atoms with Crippen molar-refractivity contribution in [2.24, 2.45) is 0 Å². The molecule has 2 aromatic carbocycles. The molecule has 130 valence electrons. The first kappa shape index (κ1) is 17.2. The number of hydrogen-bond acceptors (Lipinski definition) is 4. The fraction of sp³-hybridized carbons (Fsp3) is 0.211. The minimum Gasteiger partial charge on any atom is -0.459 e. The third-order valence-corrected chi connectivity index (χ3v) is 5.21. The van der Waals surface area contributed by atoms with E-state index in [0.717, 1.165) is 17.2 Å². The monoisotopic (exact) mass is 357 g/mol. The van der Waals surface area contributed by atoms with Crippen LogP contribution in [0.2, 0.25) is 0 Å². The third-order valence-electron chi connectivity index (χ3n) is 4.10. The maximum absolute atomic E-state index is 12.6. The van der Waals surface area contributed by atoms with Crippen LogP contribution in [0.4, 0.5) is 0 Å². The van der Waals surface area contributed by atoms with Crippen molar-refractivity contribution in [1.29, 1.82) is 0 Å². The second kappa shape index (κ2) is 6.37. The Kier molecular flexibility index (Phi) is 4.39. The van der Waals surface area contributed by atoms with Crippen LogP contribution in [0.15, 0.2) is 57.8 Å². The highest BCUT2D eigenvalue weighted by atomic mass is 32.2. The van der Waals surface area contributed by atoms with Crippen LogP contribution >= 0.6 is 0 Å². The summed E-state index contributed by atoms with van der Waals surface area (Å²) < 4.78 is 29.2. The molecule has 0 radical (unpaired) electrons. The predicted molar refractivity (Wildman–Crippen MR) is 96.4 cm³/mol. The average molecular weight is 357 g/mol. The summed E-state index contributed by atoms with van der Waals surface area (Å²) in [6.07, 6.45) is 1.12. The van der Waals surface area contributed by atoms with Crippen molar-refractivity contribution in [2.75, 3.05) is 6.26 Å². The molecule has 0 saturated heterocycles. The maximum Gasteiger partial charge on any atom is 0.252 e. The Labute approximate surface area is 146 Å². The van der Waals surface area contributed by atoms with Gasteiger partial charge < -0.3 is 9.73 Å². The molecule has 1 atom stereocenters. The summed E-state index contributed by atoms with van der Waals surface area (Å²) in [5, 5.41) is 3.83. The zero-order chi connectivity index (χ0) is 18.2. The second-order valence-corrected chi connectivity index (χ2v) is 8.15. The Hall–Kier alpha value is -2.60. The zero-order valence-corrected chi connectivity index (χ0v) is 15.1. The zero-order valence-electron chi connectivity index (χ0n) is 14.2. The van der Waals surface area contributed by atoms with Gasteiger partial charge in [0.2, 0.25) is 0 Å². The molecule has 0 saturated carbocycles. The summed E-state index contributed by atoms with van der Waals surface area (Å²) in [4.78, 5) is 12.7. The van der Waals surface area contributed by atoms with Gasteiger partial charge in [-0.25, -0.2) is 8.42 Å². The molecule has 6 heteroatoms. The number of carbonyl (C=O) groups is 1. The molecule has 3 rings (SSSR count). The topological polar surface area (TPSA) is 76.4 Å². The first-order chi connectivity index (χ1) is 11.8. The first-order valence-electron chi connectivity index (χ1n) is 7.86. The molecule has 3 aromatic rings. The summed E-state index contributed by atoms with van der Waals surface area (Å²) in [7, 11) is -3.37. The summed E-state index contributed by atoms with van der Waals surface area (Å²) in [6.45, 7) is 3.60. The SMILES string of the molecule is Cc1ccc(S(C)(=O)=O)cc1C(=O)N[C@H](C)c1cc2ccccc2o1. The smallest absolute Gasteiger partial charge is 0.252 e. The van der Waals surface area contributed by atoms with E-state index in [1.807, 2.05) is 37.3 Å². The number of aryl methyl sites for hydroxylation is 1. The van der Waals surface area contributed by atoms with Gasteiger partial charge in [0, 0.05) is 17.2 Å². The van der Waals surface area contributed by atoms with Crippen LogP contribution in [-0.2, 0) is 9.84 Å². The molecule has 1 heterocycles. The lowest BCUT2D eigenvalue weighted by Crippen LogP contribution is -2.27. The van der Waals surface area contributed by atoms with Gasteiger partial charge >= 0.3 is 0 Å². The highest BCUT2D eigenvalue weighted by molar-refractivity contribution is 7.90. The molecule has 0 fully saturated rings. The van der Waals surface area contributed by atoms with Crippen molar-refractivity contribution in [1.82, 2.24) is 5.32 Å². The van der Waals surface area contributed by atoms with E-state index in [0.29, 0.717) is 16.9 Å². The van der Waals surface area contributed by atoms with E-state index in [-0.39, 0.29) is 16.8 Å². The van der Waals surface area contributed by atoms with Gasteiger partial charge in [0.1, 0.15) is 11.3 Å². The van der Waals surface area contributed by atoms with Crippen LogP contribution in [0, 0.1) is 6.92 Å². The number of amides is 1. The van der Waals surface area contributed by atoms with E-state index in [2.05, 4.69) is 5.32 Å². The third kappa shape index (κ3) is 3.58. The van der Waals surface area contributed by atoms with E-state index in [9.17, 15) is 13.2 Å². The number of hydrogen-bond donors (Lipinski definition) is 1. The van der Waals surface area contributed by atoms with Crippen LogP contribution < -0.4 is 5.32 Å². The van der Waals surface area contributed by atoms with Crippen LogP contribution in [0.3, 0.4) is 0 Å². The van der Waals surface area contributed by atoms with Crippen molar-refractivity contribution < 1.29 is 17.6 Å². The lowest BCUT2D eigenvalue weighted by Gasteiger charge is -2.13. The summed E-state index contributed by atoms with van der Waals surface area (Å²) in [6, 6.07) is 13.7. The standard InChI is InChI=1S/C19H19NO4S/c1-12-8-9-15(25(3,22)23)11-16(12)19(21)20-13(2)18-10-14-6-4-5-7-17(14)24-18/h4-11,13H,1-3H3,(H,20,21)/t13-/m1/s1.